The monoisotopic (exact) mass is 651 g/mol. The molecule has 2 atom stereocenters. The number of hydrogen-bond donors (Lipinski definition) is 0. The summed E-state index contributed by atoms with van der Waals surface area (Å²) in [4.78, 5) is 36.1. The molecule has 2 unspecified atom stereocenters. The van der Waals surface area contributed by atoms with E-state index in [-0.39, 0.29) is 18.2 Å². The maximum absolute atomic E-state index is 13.0. The number of carbonyl (C=O) groups is 1. The molecule has 1 amide bonds. The average Bonchev–Trinajstić information content (AvgIpc) is 3.63. The van der Waals surface area contributed by atoms with Crippen LogP contribution in [-0.2, 0) is 17.7 Å². The number of amides is 1. The Bertz CT molecular complexity index is 1490. The zero-order chi connectivity index (χ0) is 33.0. The van der Waals surface area contributed by atoms with Gasteiger partial charge in [-0.05, 0) is 84.5 Å². The summed E-state index contributed by atoms with van der Waals surface area (Å²) < 4.78 is 11.3. The van der Waals surface area contributed by atoms with Crippen molar-refractivity contribution in [3.63, 3.8) is 0 Å². The number of carbonyl (C=O) groups excluding carboxylic acids is 1. The minimum atomic E-state index is -0.512. The highest BCUT2D eigenvalue weighted by Gasteiger charge is 2.45. The molecule has 0 N–H and O–H groups in total. The standard InChI is InChI=1S/C28H33ClN6O3.C5H11N.C2H6/c1-28(2,3)38-27(36)35-18-9-10-19(35)15-34(14-18)25-21-11-12-33(16-22(21)30-26(32-25)37-4)24-20-8-6-5-7-17(20)13-23(29)31-24;1-6-4-2-3-5-6;1-2/h5-8,13,18-19H,9-12,14-16H2,1-4H3;2-5H2,1H3;1-2H3. The summed E-state index contributed by atoms with van der Waals surface area (Å²) in [7, 11) is 3.77. The number of aromatic nitrogens is 3. The third kappa shape index (κ3) is 7.60. The lowest BCUT2D eigenvalue weighted by molar-refractivity contribution is 0.0122. The zero-order valence-corrected chi connectivity index (χ0v) is 29.3. The third-order valence-electron chi connectivity index (χ3n) is 8.91. The smallest absolute Gasteiger partial charge is 0.410 e. The summed E-state index contributed by atoms with van der Waals surface area (Å²) in [5, 5.41) is 2.60. The van der Waals surface area contributed by atoms with Gasteiger partial charge in [-0.3, -0.25) is 4.90 Å². The fraction of sp³-hybridized carbons (Fsp3) is 0.600. The van der Waals surface area contributed by atoms with Crippen LogP contribution in [0.3, 0.4) is 0 Å². The van der Waals surface area contributed by atoms with Crippen molar-refractivity contribution in [2.24, 2.45) is 0 Å². The lowest BCUT2D eigenvalue weighted by Gasteiger charge is -2.43. The molecule has 3 saturated heterocycles. The molecule has 2 aromatic heterocycles. The number of nitrogens with zero attached hydrogens (tertiary/aromatic N) is 7. The Morgan fingerprint density at radius 3 is 2.22 bits per heavy atom. The Kier molecular flexibility index (Phi) is 10.8. The van der Waals surface area contributed by atoms with Crippen LogP contribution in [0.2, 0.25) is 5.15 Å². The second-order valence-electron chi connectivity index (χ2n) is 13.3. The number of benzene rings is 1. The van der Waals surface area contributed by atoms with Gasteiger partial charge in [-0.15, -0.1) is 0 Å². The number of rotatable bonds is 3. The maximum atomic E-state index is 13.0. The quantitative estimate of drug-likeness (QED) is 0.292. The summed E-state index contributed by atoms with van der Waals surface area (Å²) in [6.07, 6.45) is 5.31. The van der Waals surface area contributed by atoms with E-state index in [0.29, 0.717) is 30.8 Å². The highest BCUT2D eigenvalue weighted by atomic mass is 35.5. The predicted octanol–water partition coefficient (Wildman–Crippen LogP) is 6.58. The molecule has 0 spiro atoms. The number of likely N-dealkylation sites (tertiary alicyclic amines) is 1. The van der Waals surface area contributed by atoms with Gasteiger partial charge in [0.05, 0.1) is 31.4 Å². The molecule has 3 aromatic rings. The second kappa shape index (κ2) is 14.6. The molecule has 0 aliphatic carbocycles. The van der Waals surface area contributed by atoms with Gasteiger partial charge < -0.3 is 24.2 Å². The van der Waals surface area contributed by atoms with Crippen LogP contribution >= 0.6 is 11.6 Å². The normalized spacial score (nSPS) is 20.8. The van der Waals surface area contributed by atoms with E-state index < -0.39 is 5.60 Å². The van der Waals surface area contributed by atoms with Crippen LogP contribution in [0.5, 0.6) is 6.01 Å². The molecule has 6 heterocycles. The number of pyridine rings is 1. The van der Waals surface area contributed by atoms with E-state index in [9.17, 15) is 4.79 Å². The minimum absolute atomic E-state index is 0.0994. The summed E-state index contributed by atoms with van der Waals surface area (Å²) >= 11 is 6.39. The van der Waals surface area contributed by atoms with E-state index >= 15 is 0 Å². The van der Waals surface area contributed by atoms with Gasteiger partial charge >= 0.3 is 12.1 Å². The number of ether oxygens (including phenoxy) is 2. The second-order valence-corrected chi connectivity index (χ2v) is 13.7. The minimum Gasteiger partial charge on any atom is -0.467 e. The Labute approximate surface area is 279 Å². The first-order chi connectivity index (χ1) is 22.1. The van der Waals surface area contributed by atoms with Crippen molar-refractivity contribution in [2.75, 3.05) is 56.7 Å². The van der Waals surface area contributed by atoms with E-state index in [2.05, 4.69) is 38.9 Å². The van der Waals surface area contributed by atoms with E-state index in [4.69, 9.17) is 31.0 Å². The van der Waals surface area contributed by atoms with Gasteiger partial charge in [0.25, 0.3) is 0 Å². The maximum Gasteiger partial charge on any atom is 0.410 e. The molecule has 0 saturated carbocycles. The first-order valence-electron chi connectivity index (χ1n) is 16.8. The molecule has 250 valence electrons. The molecule has 3 fully saturated rings. The van der Waals surface area contributed by atoms with Gasteiger partial charge in [-0.1, -0.05) is 49.7 Å². The Balaban J connectivity index is 0.000000462. The highest BCUT2D eigenvalue weighted by Crippen LogP contribution is 2.38. The van der Waals surface area contributed by atoms with Gasteiger partial charge in [-0.25, -0.2) is 9.78 Å². The van der Waals surface area contributed by atoms with Gasteiger partial charge in [0.2, 0.25) is 0 Å². The fourth-order valence-corrected chi connectivity index (χ4v) is 7.07. The number of fused-ring (bicyclic) bond motifs is 4. The first kappa shape index (κ1) is 34.0. The van der Waals surface area contributed by atoms with E-state index in [1.165, 1.54) is 25.9 Å². The van der Waals surface area contributed by atoms with Crippen LogP contribution in [0.15, 0.2) is 30.3 Å². The third-order valence-corrected chi connectivity index (χ3v) is 9.10. The molecule has 1 aromatic carbocycles. The average molecular weight is 652 g/mol. The Hall–Kier alpha value is -3.37. The first-order valence-corrected chi connectivity index (χ1v) is 17.2. The van der Waals surface area contributed by atoms with Crippen LogP contribution < -0.4 is 14.5 Å². The van der Waals surface area contributed by atoms with Crippen molar-refractivity contribution in [3.05, 3.63) is 46.7 Å². The van der Waals surface area contributed by atoms with Crippen molar-refractivity contribution in [1.29, 1.82) is 0 Å². The van der Waals surface area contributed by atoms with Crippen LogP contribution in [0, 0.1) is 0 Å². The summed E-state index contributed by atoms with van der Waals surface area (Å²) in [5.41, 5.74) is 1.56. The number of hydrogen-bond acceptors (Lipinski definition) is 9. The Morgan fingerprint density at radius 1 is 0.935 bits per heavy atom. The van der Waals surface area contributed by atoms with E-state index in [1.54, 1.807) is 7.11 Å². The SMILES string of the molecule is CC.CN1CCCC1.COc1nc2c(c(N3CC4CCC(C3)N4C(=O)OC(C)(C)C)n1)CCN(c1nc(Cl)cc3ccccc13)C2. The van der Waals surface area contributed by atoms with Crippen LogP contribution in [0.25, 0.3) is 10.8 Å². The number of halogens is 1. The molecule has 7 rings (SSSR count). The number of anilines is 2. The van der Waals surface area contributed by atoms with Crippen molar-refractivity contribution in [1.82, 2.24) is 24.8 Å². The lowest BCUT2D eigenvalue weighted by Crippen LogP contribution is -2.57. The molecule has 4 aliphatic rings. The molecular formula is C35H50ClN7O3. The van der Waals surface area contributed by atoms with Gasteiger partial charge in [0.15, 0.2) is 0 Å². The van der Waals surface area contributed by atoms with Crippen LogP contribution in [0.4, 0.5) is 16.4 Å². The molecule has 11 heteroatoms. The largest absolute Gasteiger partial charge is 0.467 e. The molecule has 2 bridgehead atoms. The summed E-state index contributed by atoms with van der Waals surface area (Å²) in [6.45, 7) is 15.2. The molecule has 46 heavy (non-hydrogen) atoms. The number of methoxy groups -OCH3 is 1. The van der Waals surface area contributed by atoms with E-state index in [0.717, 1.165) is 59.5 Å². The molecular weight excluding hydrogens is 602 g/mol. The van der Waals surface area contributed by atoms with Gasteiger partial charge in [-0.2, -0.15) is 9.97 Å². The van der Waals surface area contributed by atoms with Crippen molar-refractivity contribution >= 4 is 40.1 Å². The van der Waals surface area contributed by atoms with E-state index in [1.807, 2.05) is 57.7 Å². The zero-order valence-electron chi connectivity index (χ0n) is 28.6. The van der Waals surface area contributed by atoms with Crippen molar-refractivity contribution in [2.45, 2.75) is 91.0 Å². The Morgan fingerprint density at radius 2 is 1.61 bits per heavy atom. The summed E-state index contributed by atoms with van der Waals surface area (Å²) in [6, 6.07) is 10.6. The van der Waals surface area contributed by atoms with Crippen LogP contribution in [-0.4, -0.2) is 95.4 Å². The van der Waals surface area contributed by atoms with Crippen molar-refractivity contribution in [3.8, 4) is 6.01 Å². The molecule has 0 radical (unpaired) electrons. The molecule has 10 nitrogen and oxygen atoms in total. The predicted molar refractivity (Wildman–Crippen MR) is 185 cm³/mol. The van der Waals surface area contributed by atoms with Gasteiger partial charge in [0, 0.05) is 30.6 Å². The number of piperazine rings is 1. The molecule has 4 aliphatic heterocycles. The van der Waals surface area contributed by atoms with Crippen LogP contribution in [0.1, 0.15) is 71.6 Å². The topological polar surface area (TPSA) is 87.2 Å². The lowest BCUT2D eigenvalue weighted by atomic mass is 10.0. The van der Waals surface area contributed by atoms with Gasteiger partial charge in [0.1, 0.15) is 22.4 Å². The fourth-order valence-electron chi connectivity index (χ4n) is 6.88. The highest BCUT2D eigenvalue weighted by molar-refractivity contribution is 6.30. The van der Waals surface area contributed by atoms with Crippen molar-refractivity contribution < 1.29 is 14.3 Å². The summed E-state index contributed by atoms with van der Waals surface area (Å²) in [5.74, 6) is 1.78.